The van der Waals surface area contributed by atoms with Crippen LogP contribution in [0.3, 0.4) is 0 Å². The van der Waals surface area contributed by atoms with E-state index < -0.39 is 0 Å². The van der Waals surface area contributed by atoms with E-state index in [0.717, 1.165) is 24.5 Å². The molecule has 1 fully saturated rings. The fraction of sp³-hybridized carbons (Fsp3) is 0.154. The highest BCUT2D eigenvalue weighted by atomic mass is 32.1. The Morgan fingerprint density at radius 2 is 1.67 bits per heavy atom. The molecule has 10 heteroatoms. The van der Waals surface area contributed by atoms with Crippen molar-refractivity contribution in [3.05, 3.63) is 94.7 Å². The second kappa shape index (κ2) is 10.1. The van der Waals surface area contributed by atoms with Gasteiger partial charge in [-0.25, -0.2) is 9.37 Å². The number of aromatic amines is 1. The number of carbonyl (C=O) groups is 1. The van der Waals surface area contributed by atoms with Crippen molar-refractivity contribution in [2.24, 2.45) is 0 Å². The lowest BCUT2D eigenvalue weighted by atomic mass is 10.1. The molecule has 1 aromatic heterocycles. The van der Waals surface area contributed by atoms with E-state index in [9.17, 15) is 14.0 Å². The van der Waals surface area contributed by atoms with Gasteiger partial charge < -0.3 is 20.1 Å². The van der Waals surface area contributed by atoms with E-state index in [2.05, 4.69) is 30.4 Å². The summed E-state index contributed by atoms with van der Waals surface area (Å²) in [6.45, 7) is 2.86. The third kappa shape index (κ3) is 5.18. The fourth-order valence-corrected chi connectivity index (χ4v) is 4.42. The fourth-order valence-electron chi connectivity index (χ4n) is 4.21. The lowest BCUT2D eigenvalue weighted by molar-refractivity contribution is 0.0977. The Morgan fingerprint density at radius 3 is 2.39 bits per heavy atom. The summed E-state index contributed by atoms with van der Waals surface area (Å²) in [5.74, 6) is -0.580. The van der Waals surface area contributed by atoms with Crippen molar-refractivity contribution in [1.82, 2.24) is 15.3 Å². The third-order valence-electron chi connectivity index (χ3n) is 6.02. The van der Waals surface area contributed by atoms with Gasteiger partial charge in [-0.15, -0.1) is 0 Å². The van der Waals surface area contributed by atoms with Crippen LogP contribution in [0.5, 0.6) is 0 Å². The molecule has 36 heavy (non-hydrogen) atoms. The quantitative estimate of drug-likeness (QED) is 0.368. The smallest absolute Gasteiger partial charge is 0.266 e. The van der Waals surface area contributed by atoms with Crippen LogP contribution in [-0.2, 0) is 0 Å². The van der Waals surface area contributed by atoms with E-state index in [1.807, 2.05) is 12.1 Å². The van der Waals surface area contributed by atoms with Gasteiger partial charge in [-0.1, -0.05) is 18.2 Å². The highest BCUT2D eigenvalue weighted by Crippen LogP contribution is 2.31. The van der Waals surface area contributed by atoms with Crippen molar-refractivity contribution in [2.75, 3.05) is 41.3 Å². The molecule has 0 spiro atoms. The second-order valence-corrected chi connectivity index (χ2v) is 8.77. The van der Waals surface area contributed by atoms with Gasteiger partial charge in [-0.3, -0.25) is 14.9 Å². The molecule has 5 rings (SSSR count). The summed E-state index contributed by atoms with van der Waals surface area (Å²) in [6.07, 6.45) is 1.25. The van der Waals surface area contributed by atoms with Gasteiger partial charge in [-0.05, 0) is 60.7 Å². The number of carbonyl (C=O) groups excluding carboxylic acids is 1. The van der Waals surface area contributed by atoms with Crippen LogP contribution in [0.1, 0.15) is 10.4 Å². The van der Waals surface area contributed by atoms with Crippen molar-refractivity contribution in [3.8, 4) is 0 Å². The molecule has 1 amide bonds. The lowest BCUT2D eigenvalue weighted by Crippen LogP contribution is -2.47. The maximum Gasteiger partial charge on any atom is 0.266 e. The highest BCUT2D eigenvalue weighted by Gasteiger charge is 2.21. The SMILES string of the molecule is O=C(NC(=S)Nc1cc2[nH]c(=O)cnc2cc1N1CCN(c2ccc(F)cc2)CC1)c1ccccc1. The molecule has 8 nitrogen and oxygen atoms in total. The average molecular weight is 503 g/mol. The van der Waals surface area contributed by atoms with E-state index in [0.29, 0.717) is 35.4 Å². The number of nitrogens with zero attached hydrogens (tertiary/aromatic N) is 3. The average Bonchev–Trinajstić information content (AvgIpc) is 2.89. The number of anilines is 3. The van der Waals surface area contributed by atoms with Crippen molar-refractivity contribution in [3.63, 3.8) is 0 Å². The molecule has 1 aliphatic heterocycles. The van der Waals surface area contributed by atoms with Crippen LogP contribution >= 0.6 is 12.2 Å². The van der Waals surface area contributed by atoms with Gasteiger partial charge in [0.15, 0.2) is 5.11 Å². The Bertz CT molecular complexity index is 1470. The summed E-state index contributed by atoms with van der Waals surface area (Å²) >= 11 is 5.43. The number of piperazine rings is 1. The van der Waals surface area contributed by atoms with Crippen LogP contribution in [0, 0.1) is 5.82 Å². The molecule has 3 aromatic carbocycles. The summed E-state index contributed by atoms with van der Waals surface area (Å²) < 4.78 is 13.3. The lowest BCUT2D eigenvalue weighted by Gasteiger charge is -2.38. The Labute approximate surface area is 211 Å². The third-order valence-corrected chi connectivity index (χ3v) is 6.22. The van der Waals surface area contributed by atoms with E-state index in [4.69, 9.17) is 12.2 Å². The Kier molecular flexibility index (Phi) is 6.59. The summed E-state index contributed by atoms with van der Waals surface area (Å²) in [5.41, 5.74) is 3.82. The Balaban J connectivity index is 1.38. The maximum absolute atomic E-state index is 13.3. The first kappa shape index (κ1) is 23.4. The predicted molar refractivity (Wildman–Crippen MR) is 143 cm³/mol. The van der Waals surface area contributed by atoms with Gasteiger partial charge in [0.1, 0.15) is 5.82 Å². The van der Waals surface area contributed by atoms with E-state index in [-0.39, 0.29) is 22.4 Å². The molecule has 0 unspecified atom stereocenters. The molecular weight excluding hydrogens is 479 g/mol. The molecule has 0 atom stereocenters. The minimum atomic E-state index is -0.321. The van der Waals surface area contributed by atoms with E-state index in [1.54, 1.807) is 42.5 Å². The summed E-state index contributed by atoms with van der Waals surface area (Å²) in [7, 11) is 0. The van der Waals surface area contributed by atoms with Crippen molar-refractivity contribution < 1.29 is 9.18 Å². The molecule has 2 heterocycles. The Hall–Kier alpha value is -4.31. The number of hydrogen-bond donors (Lipinski definition) is 3. The minimum absolute atomic E-state index is 0.139. The highest BCUT2D eigenvalue weighted by molar-refractivity contribution is 7.80. The Morgan fingerprint density at radius 1 is 0.972 bits per heavy atom. The van der Waals surface area contributed by atoms with Gasteiger partial charge in [0.25, 0.3) is 11.5 Å². The molecule has 0 aliphatic carbocycles. The first-order valence-electron chi connectivity index (χ1n) is 11.4. The number of benzene rings is 3. The normalized spacial score (nSPS) is 13.5. The van der Waals surface area contributed by atoms with Crippen molar-refractivity contribution >= 4 is 51.3 Å². The molecule has 1 aliphatic rings. The van der Waals surface area contributed by atoms with Gasteiger partial charge in [0, 0.05) is 37.4 Å². The number of rotatable bonds is 4. The van der Waals surface area contributed by atoms with Crippen LogP contribution in [-0.4, -0.2) is 47.2 Å². The van der Waals surface area contributed by atoms with Crippen LogP contribution in [0.4, 0.5) is 21.5 Å². The van der Waals surface area contributed by atoms with Gasteiger partial charge >= 0.3 is 0 Å². The molecule has 4 aromatic rings. The number of thiocarbonyl (C=S) groups is 1. The second-order valence-electron chi connectivity index (χ2n) is 8.36. The van der Waals surface area contributed by atoms with Crippen LogP contribution in [0.2, 0.25) is 0 Å². The number of aromatic nitrogens is 2. The molecule has 1 saturated heterocycles. The number of fused-ring (bicyclic) bond motifs is 1. The number of amides is 1. The summed E-state index contributed by atoms with van der Waals surface area (Å²) in [6, 6.07) is 18.9. The maximum atomic E-state index is 13.3. The van der Waals surface area contributed by atoms with Gasteiger partial charge in [0.2, 0.25) is 0 Å². The van der Waals surface area contributed by atoms with Crippen molar-refractivity contribution in [2.45, 2.75) is 0 Å². The monoisotopic (exact) mass is 502 g/mol. The topological polar surface area (TPSA) is 93.4 Å². The van der Waals surface area contributed by atoms with Gasteiger partial charge in [-0.2, -0.15) is 0 Å². The molecule has 0 saturated carbocycles. The minimum Gasteiger partial charge on any atom is -0.368 e. The molecule has 0 bridgehead atoms. The van der Waals surface area contributed by atoms with Crippen LogP contribution in [0.15, 0.2) is 77.7 Å². The predicted octanol–water partition coefficient (Wildman–Crippen LogP) is 3.52. The summed E-state index contributed by atoms with van der Waals surface area (Å²) in [5, 5.41) is 5.97. The van der Waals surface area contributed by atoms with Gasteiger partial charge in [0.05, 0.1) is 28.6 Å². The largest absolute Gasteiger partial charge is 0.368 e. The van der Waals surface area contributed by atoms with Crippen LogP contribution < -0.4 is 26.0 Å². The first-order valence-corrected chi connectivity index (χ1v) is 11.8. The number of nitrogens with one attached hydrogen (secondary N) is 3. The molecule has 3 N–H and O–H groups in total. The summed E-state index contributed by atoms with van der Waals surface area (Å²) in [4.78, 5) is 35.8. The molecule has 182 valence electrons. The molecule has 0 radical (unpaired) electrons. The first-order chi connectivity index (χ1) is 17.5. The van der Waals surface area contributed by atoms with E-state index >= 15 is 0 Å². The number of H-pyrrole nitrogens is 1. The zero-order chi connectivity index (χ0) is 25.1. The molecular formula is C26H23FN6O2S. The standard InChI is InChI=1S/C26H23FN6O2S/c27-18-6-8-19(9-7-18)32-10-12-33(13-11-32)23-15-20-21(29-24(34)16-28-20)14-22(23)30-26(36)31-25(35)17-4-2-1-3-5-17/h1-9,14-16H,10-13H2,(H,29,34)(H2,30,31,35,36). The van der Waals surface area contributed by atoms with E-state index in [1.165, 1.54) is 18.3 Å². The zero-order valence-corrected chi connectivity index (χ0v) is 20.0. The number of hydrogen-bond acceptors (Lipinski definition) is 6. The van der Waals surface area contributed by atoms with Crippen molar-refractivity contribution in [1.29, 1.82) is 0 Å². The number of halogens is 1. The van der Waals surface area contributed by atoms with Crippen LogP contribution in [0.25, 0.3) is 11.0 Å². The zero-order valence-electron chi connectivity index (χ0n) is 19.2.